The molecule has 0 unspecified atom stereocenters. The molecule has 0 aliphatic carbocycles. The molecule has 8 heteroatoms. The zero-order chi connectivity index (χ0) is 21.6. The van der Waals surface area contributed by atoms with Gasteiger partial charge in [-0.25, -0.2) is 13.2 Å². The normalized spacial score (nSPS) is 13.2. The van der Waals surface area contributed by atoms with Crippen LogP contribution in [0.5, 0.6) is 0 Å². The molecule has 7 nitrogen and oxygen atoms in total. The molecule has 0 saturated carbocycles. The number of carbonyl (C=O) groups is 2. The number of nitrogens with one attached hydrogen (secondary N) is 1. The molecule has 2 aromatic rings. The summed E-state index contributed by atoms with van der Waals surface area (Å²) >= 11 is 0. The highest BCUT2D eigenvalue weighted by Gasteiger charge is 2.27. The van der Waals surface area contributed by atoms with Crippen molar-refractivity contribution in [2.75, 3.05) is 18.5 Å². The van der Waals surface area contributed by atoms with Crippen LogP contribution in [0.2, 0.25) is 0 Å². The number of esters is 1. The summed E-state index contributed by atoms with van der Waals surface area (Å²) in [7, 11) is -1.02. The predicted molar refractivity (Wildman–Crippen MR) is 111 cm³/mol. The second kappa shape index (κ2) is 9.56. The molecule has 0 aliphatic rings. The van der Waals surface area contributed by atoms with Crippen LogP contribution in [-0.4, -0.2) is 40.5 Å². The molecule has 0 heterocycles. The molecule has 2 atom stereocenters. The Bertz CT molecular complexity index is 943. The number of hydrogen-bond donors (Lipinski definition) is 1. The summed E-state index contributed by atoms with van der Waals surface area (Å²) in [4.78, 5) is 24.5. The second-order valence-electron chi connectivity index (χ2n) is 6.69. The third-order valence-corrected chi connectivity index (χ3v) is 6.65. The number of sulfonamides is 1. The Morgan fingerprint density at radius 1 is 1.07 bits per heavy atom. The van der Waals surface area contributed by atoms with E-state index in [1.807, 2.05) is 13.8 Å². The van der Waals surface area contributed by atoms with Gasteiger partial charge in [-0.3, -0.25) is 9.10 Å². The topological polar surface area (TPSA) is 92.8 Å². The van der Waals surface area contributed by atoms with E-state index in [2.05, 4.69) is 5.32 Å². The molecule has 0 aliphatic heterocycles. The van der Waals surface area contributed by atoms with Crippen molar-refractivity contribution in [2.45, 2.75) is 31.2 Å². The van der Waals surface area contributed by atoms with Gasteiger partial charge >= 0.3 is 5.97 Å². The second-order valence-corrected chi connectivity index (χ2v) is 8.66. The van der Waals surface area contributed by atoms with Crippen LogP contribution in [0.25, 0.3) is 0 Å². The predicted octanol–water partition coefficient (Wildman–Crippen LogP) is 2.83. The Morgan fingerprint density at radius 2 is 1.66 bits per heavy atom. The van der Waals surface area contributed by atoms with E-state index in [0.29, 0.717) is 12.1 Å². The van der Waals surface area contributed by atoms with E-state index in [4.69, 9.17) is 4.74 Å². The van der Waals surface area contributed by atoms with Crippen molar-refractivity contribution in [3.63, 3.8) is 0 Å². The van der Waals surface area contributed by atoms with Crippen molar-refractivity contribution < 1.29 is 22.7 Å². The molecule has 0 radical (unpaired) electrons. The maximum absolute atomic E-state index is 12.8. The van der Waals surface area contributed by atoms with Gasteiger partial charge in [-0.1, -0.05) is 38.5 Å². The number of rotatable bonds is 8. The minimum absolute atomic E-state index is 0.0619. The summed E-state index contributed by atoms with van der Waals surface area (Å²) in [5.74, 6) is -1.09. The molecule has 0 bridgehead atoms. The van der Waals surface area contributed by atoms with Gasteiger partial charge in [-0.15, -0.1) is 0 Å². The van der Waals surface area contributed by atoms with E-state index < -0.39 is 27.9 Å². The molecule has 0 fully saturated rings. The van der Waals surface area contributed by atoms with Gasteiger partial charge in [-0.2, -0.15) is 0 Å². The maximum Gasteiger partial charge on any atom is 0.328 e. The molecule has 0 spiro atoms. The first-order valence-electron chi connectivity index (χ1n) is 9.25. The largest absolute Gasteiger partial charge is 0.467 e. The Balaban J connectivity index is 2.20. The summed E-state index contributed by atoms with van der Waals surface area (Å²) in [5.41, 5.74) is 0.785. The van der Waals surface area contributed by atoms with Gasteiger partial charge in [0.25, 0.3) is 15.9 Å². The van der Waals surface area contributed by atoms with Crippen LogP contribution in [0.3, 0.4) is 0 Å². The van der Waals surface area contributed by atoms with Gasteiger partial charge in [0.2, 0.25) is 0 Å². The van der Waals surface area contributed by atoms with Crippen LogP contribution in [0, 0.1) is 5.92 Å². The number of methoxy groups -OCH3 is 1. The number of amides is 1. The van der Waals surface area contributed by atoms with E-state index in [1.165, 1.54) is 42.7 Å². The lowest BCUT2D eigenvalue weighted by atomic mass is 9.99. The van der Waals surface area contributed by atoms with E-state index >= 15 is 0 Å². The van der Waals surface area contributed by atoms with Gasteiger partial charge in [0, 0.05) is 12.6 Å². The molecular formula is C21H26N2O5S. The average molecular weight is 419 g/mol. The van der Waals surface area contributed by atoms with Crippen molar-refractivity contribution in [3.05, 3.63) is 60.2 Å². The lowest BCUT2D eigenvalue weighted by Crippen LogP contribution is -2.45. The van der Waals surface area contributed by atoms with Crippen molar-refractivity contribution >= 4 is 27.6 Å². The molecule has 0 saturated heterocycles. The minimum atomic E-state index is -3.76. The number of para-hydroxylation sites is 1. The number of hydrogen-bond acceptors (Lipinski definition) is 5. The molecule has 2 aromatic carbocycles. The zero-order valence-corrected chi connectivity index (χ0v) is 17.8. The van der Waals surface area contributed by atoms with Crippen molar-refractivity contribution in [3.8, 4) is 0 Å². The standard InChI is InChI=1S/C21H26N2O5S/c1-5-15(2)19(21(25)28-4)22-20(24)16-11-13-18(14-12-16)29(26,27)23(3)17-9-7-6-8-10-17/h6-15,19H,5H2,1-4H3,(H,22,24)/t15-,19-/m1/s1. The lowest BCUT2D eigenvalue weighted by Gasteiger charge is -2.22. The van der Waals surface area contributed by atoms with E-state index in [0.717, 1.165) is 0 Å². The van der Waals surface area contributed by atoms with Gasteiger partial charge < -0.3 is 10.1 Å². The van der Waals surface area contributed by atoms with Gasteiger partial charge in [0.05, 0.1) is 17.7 Å². The molecule has 1 amide bonds. The van der Waals surface area contributed by atoms with E-state index in [-0.39, 0.29) is 16.4 Å². The molecule has 2 rings (SSSR count). The fraction of sp³-hybridized carbons (Fsp3) is 0.333. The van der Waals surface area contributed by atoms with Crippen molar-refractivity contribution in [1.29, 1.82) is 0 Å². The van der Waals surface area contributed by atoms with E-state index in [1.54, 1.807) is 30.3 Å². The van der Waals surface area contributed by atoms with E-state index in [9.17, 15) is 18.0 Å². The monoisotopic (exact) mass is 418 g/mol. The lowest BCUT2D eigenvalue weighted by molar-refractivity contribution is -0.144. The Hall–Kier alpha value is -2.87. The fourth-order valence-electron chi connectivity index (χ4n) is 2.73. The highest BCUT2D eigenvalue weighted by molar-refractivity contribution is 7.92. The molecule has 29 heavy (non-hydrogen) atoms. The number of carbonyl (C=O) groups excluding carboxylic acids is 2. The summed E-state index contributed by atoms with van der Waals surface area (Å²) in [6.45, 7) is 3.76. The first kappa shape index (κ1) is 22.4. The van der Waals surface area contributed by atoms with Crippen molar-refractivity contribution in [1.82, 2.24) is 5.32 Å². The van der Waals surface area contributed by atoms with Gasteiger partial charge in [-0.05, 0) is 42.3 Å². The van der Waals surface area contributed by atoms with Crippen LogP contribution < -0.4 is 9.62 Å². The quantitative estimate of drug-likeness (QED) is 0.666. The fourth-order valence-corrected chi connectivity index (χ4v) is 3.93. The van der Waals surface area contributed by atoms with Crippen LogP contribution in [0.4, 0.5) is 5.69 Å². The van der Waals surface area contributed by atoms with Gasteiger partial charge in [0.1, 0.15) is 6.04 Å². The maximum atomic E-state index is 12.8. The minimum Gasteiger partial charge on any atom is -0.467 e. The zero-order valence-electron chi connectivity index (χ0n) is 17.0. The van der Waals surface area contributed by atoms with Gasteiger partial charge in [0.15, 0.2) is 0 Å². The number of ether oxygens (including phenoxy) is 1. The molecular weight excluding hydrogens is 392 g/mol. The third kappa shape index (κ3) is 5.14. The van der Waals surface area contributed by atoms with Crippen LogP contribution in [0.1, 0.15) is 30.6 Å². The summed E-state index contributed by atoms with van der Waals surface area (Å²) in [6.07, 6.45) is 0.684. The first-order valence-corrected chi connectivity index (χ1v) is 10.7. The highest BCUT2D eigenvalue weighted by Crippen LogP contribution is 2.22. The SMILES string of the molecule is CC[C@@H](C)[C@@H](NC(=O)c1ccc(S(=O)(=O)N(C)c2ccccc2)cc1)C(=O)OC. The summed E-state index contributed by atoms with van der Waals surface area (Å²) in [5, 5.41) is 2.67. The van der Waals surface area contributed by atoms with Crippen LogP contribution in [0.15, 0.2) is 59.5 Å². The summed E-state index contributed by atoms with van der Waals surface area (Å²) < 4.78 is 31.6. The number of benzene rings is 2. The smallest absolute Gasteiger partial charge is 0.328 e. The van der Waals surface area contributed by atoms with Crippen molar-refractivity contribution in [2.24, 2.45) is 5.92 Å². The Morgan fingerprint density at radius 3 is 2.17 bits per heavy atom. The van der Waals surface area contributed by atoms with Crippen LogP contribution in [-0.2, 0) is 19.6 Å². The number of nitrogens with zero attached hydrogens (tertiary/aromatic N) is 1. The average Bonchev–Trinajstić information content (AvgIpc) is 2.76. The first-order chi connectivity index (χ1) is 13.7. The molecule has 0 aromatic heterocycles. The molecule has 1 N–H and O–H groups in total. The highest BCUT2D eigenvalue weighted by atomic mass is 32.2. The number of anilines is 1. The Kier molecular flexibility index (Phi) is 7.39. The molecule has 156 valence electrons. The Labute approximate surface area is 171 Å². The van der Waals surface area contributed by atoms with Crippen LogP contribution >= 0.6 is 0 Å². The third-order valence-electron chi connectivity index (χ3n) is 4.85. The summed E-state index contributed by atoms with van der Waals surface area (Å²) in [6, 6.07) is 13.5.